The molecule has 17 heavy (non-hydrogen) atoms. The second kappa shape index (κ2) is 6.35. The number of nitrogens with one attached hydrogen (secondary N) is 1. The fourth-order valence-corrected chi connectivity index (χ4v) is 3.33. The van der Waals surface area contributed by atoms with Crippen LogP contribution in [0.1, 0.15) is 32.6 Å². The van der Waals surface area contributed by atoms with Crippen molar-refractivity contribution >= 4 is 15.7 Å². The van der Waals surface area contributed by atoms with Gasteiger partial charge in [-0.2, -0.15) is 0 Å². The number of carbonyl (C=O) groups excluding carboxylic acids is 1. The quantitative estimate of drug-likeness (QED) is 0.708. The van der Waals surface area contributed by atoms with Crippen LogP contribution in [0.4, 0.5) is 0 Å². The van der Waals surface area contributed by atoms with Crippen LogP contribution < -0.4 is 11.1 Å². The summed E-state index contributed by atoms with van der Waals surface area (Å²) in [5.74, 6) is -0.629. The van der Waals surface area contributed by atoms with E-state index >= 15 is 0 Å². The van der Waals surface area contributed by atoms with E-state index in [4.69, 9.17) is 5.73 Å². The second-order valence-corrected chi connectivity index (χ2v) is 7.17. The first-order chi connectivity index (χ1) is 7.89. The zero-order chi connectivity index (χ0) is 12.9. The van der Waals surface area contributed by atoms with Gasteiger partial charge in [-0.15, -0.1) is 0 Å². The molecule has 0 aromatic carbocycles. The Morgan fingerprint density at radius 2 is 2.12 bits per heavy atom. The van der Waals surface area contributed by atoms with Crippen molar-refractivity contribution in [1.82, 2.24) is 5.32 Å². The van der Waals surface area contributed by atoms with Gasteiger partial charge in [-0.05, 0) is 18.8 Å². The standard InChI is InChI=1S/C11H22N2O3S/c1-9-3-2-4-10(7-9)13-5-6-17(15,16)8-11(12)14/h9-10,13H,2-8H2,1H3,(H2,12,14). The number of primary amides is 1. The highest BCUT2D eigenvalue weighted by Gasteiger charge is 2.19. The lowest BCUT2D eigenvalue weighted by molar-refractivity contribution is -0.115. The van der Waals surface area contributed by atoms with Gasteiger partial charge in [-0.3, -0.25) is 4.79 Å². The molecule has 0 aromatic heterocycles. The summed E-state index contributed by atoms with van der Waals surface area (Å²) in [7, 11) is -3.33. The summed E-state index contributed by atoms with van der Waals surface area (Å²) < 4.78 is 22.8. The first-order valence-electron chi connectivity index (χ1n) is 6.11. The monoisotopic (exact) mass is 262 g/mol. The molecule has 1 fully saturated rings. The largest absolute Gasteiger partial charge is 0.369 e. The summed E-state index contributed by atoms with van der Waals surface area (Å²) in [4.78, 5) is 10.5. The minimum atomic E-state index is -3.33. The highest BCUT2D eigenvalue weighted by molar-refractivity contribution is 7.92. The maximum absolute atomic E-state index is 11.4. The summed E-state index contributed by atoms with van der Waals surface area (Å²) in [6, 6.07) is 0.419. The maximum Gasteiger partial charge on any atom is 0.232 e. The number of hydrogen-bond acceptors (Lipinski definition) is 4. The predicted octanol–water partition coefficient (Wildman–Crippen LogP) is 0.0548. The lowest BCUT2D eigenvalue weighted by atomic mass is 9.87. The molecule has 1 aliphatic rings. The molecule has 0 aliphatic heterocycles. The highest BCUT2D eigenvalue weighted by atomic mass is 32.2. The van der Waals surface area contributed by atoms with E-state index in [1.807, 2.05) is 0 Å². The Bertz CT molecular complexity index is 354. The van der Waals surface area contributed by atoms with Crippen molar-refractivity contribution in [3.8, 4) is 0 Å². The number of nitrogens with two attached hydrogens (primary N) is 1. The first kappa shape index (κ1) is 14.4. The van der Waals surface area contributed by atoms with E-state index in [1.165, 1.54) is 12.8 Å². The fraction of sp³-hybridized carbons (Fsp3) is 0.909. The smallest absolute Gasteiger partial charge is 0.232 e. The Labute approximate surface area is 103 Å². The molecule has 3 N–H and O–H groups in total. The molecule has 5 nitrogen and oxygen atoms in total. The van der Waals surface area contributed by atoms with Crippen molar-refractivity contribution in [2.24, 2.45) is 11.7 Å². The molecular weight excluding hydrogens is 240 g/mol. The van der Waals surface area contributed by atoms with Crippen LogP contribution in [-0.4, -0.2) is 38.4 Å². The van der Waals surface area contributed by atoms with Crippen molar-refractivity contribution in [2.45, 2.75) is 38.6 Å². The minimum absolute atomic E-state index is 0.0131. The molecular formula is C11H22N2O3S. The van der Waals surface area contributed by atoms with Crippen molar-refractivity contribution in [2.75, 3.05) is 18.1 Å². The van der Waals surface area contributed by atoms with E-state index < -0.39 is 21.5 Å². The Morgan fingerprint density at radius 1 is 1.41 bits per heavy atom. The van der Waals surface area contributed by atoms with Gasteiger partial charge in [-0.25, -0.2) is 8.42 Å². The van der Waals surface area contributed by atoms with Crippen LogP contribution in [0.15, 0.2) is 0 Å². The number of amides is 1. The molecule has 100 valence electrons. The summed E-state index contributed by atoms with van der Waals surface area (Å²) in [5, 5.41) is 3.25. The van der Waals surface area contributed by atoms with Gasteiger partial charge >= 0.3 is 0 Å². The Morgan fingerprint density at radius 3 is 2.71 bits per heavy atom. The third-order valence-electron chi connectivity index (χ3n) is 3.14. The number of rotatable bonds is 6. The van der Waals surface area contributed by atoms with Crippen LogP contribution in [0, 0.1) is 5.92 Å². The molecule has 0 bridgehead atoms. The summed E-state index contributed by atoms with van der Waals surface area (Å²) in [5.41, 5.74) is 4.87. The van der Waals surface area contributed by atoms with Crippen LogP contribution in [0.2, 0.25) is 0 Å². The lowest BCUT2D eigenvalue weighted by Gasteiger charge is -2.27. The van der Waals surface area contributed by atoms with Gasteiger partial charge in [0.2, 0.25) is 5.91 Å². The van der Waals surface area contributed by atoms with Gasteiger partial charge in [0.15, 0.2) is 9.84 Å². The molecule has 1 rings (SSSR count). The van der Waals surface area contributed by atoms with Gasteiger partial charge in [0.05, 0.1) is 5.75 Å². The molecule has 2 unspecified atom stereocenters. The van der Waals surface area contributed by atoms with E-state index in [9.17, 15) is 13.2 Å². The fourth-order valence-electron chi connectivity index (χ4n) is 2.33. The Balaban J connectivity index is 2.25. The summed E-state index contributed by atoms with van der Waals surface area (Å²) >= 11 is 0. The first-order valence-corrected chi connectivity index (χ1v) is 7.93. The average Bonchev–Trinajstić information content (AvgIpc) is 2.15. The van der Waals surface area contributed by atoms with Gasteiger partial charge in [0.25, 0.3) is 0 Å². The van der Waals surface area contributed by atoms with Gasteiger partial charge in [0, 0.05) is 12.6 Å². The topological polar surface area (TPSA) is 89.3 Å². The van der Waals surface area contributed by atoms with Crippen molar-refractivity contribution in [3.05, 3.63) is 0 Å². The average molecular weight is 262 g/mol. The van der Waals surface area contributed by atoms with Crippen molar-refractivity contribution in [1.29, 1.82) is 0 Å². The van der Waals surface area contributed by atoms with Crippen LogP contribution in [0.5, 0.6) is 0 Å². The zero-order valence-corrected chi connectivity index (χ0v) is 11.1. The maximum atomic E-state index is 11.4. The Kier molecular flexibility index (Phi) is 5.39. The third kappa shape index (κ3) is 6.02. The second-order valence-electron chi connectivity index (χ2n) is 4.98. The van der Waals surface area contributed by atoms with Crippen LogP contribution in [0.3, 0.4) is 0 Å². The van der Waals surface area contributed by atoms with E-state index in [2.05, 4.69) is 12.2 Å². The SMILES string of the molecule is CC1CCCC(NCCS(=O)(=O)CC(N)=O)C1. The van der Waals surface area contributed by atoms with Gasteiger partial charge in [-0.1, -0.05) is 19.8 Å². The normalized spacial score (nSPS) is 25.7. The molecule has 0 radical (unpaired) electrons. The van der Waals surface area contributed by atoms with E-state index in [1.54, 1.807) is 0 Å². The molecule has 6 heteroatoms. The predicted molar refractivity (Wildman–Crippen MR) is 67.3 cm³/mol. The number of hydrogen-bond donors (Lipinski definition) is 2. The summed E-state index contributed by atoms with van der Waals surface area (Å²) in [6.45, 7) is 2.63. The van der Waals surface area contributed by atoms with Crippen LogP contribution in [0.25, 0.3) is 0 Å². The molecule has 2 atom stereocenters. The van der Waals surface area contributed by atoms with Crippen LogP contribution >= 0.6 is 0 Å². The lowest BCUT2D eigenvalue weighted by Crippen LogP contribution is -2.37. The van der Waals surface area contributed by atoms with Crippen molar-refractivity contribution in [3.63, 3.8) is 0 Å². The van der Waals surface area contributed by atoms with Gasteiger partial charge in [0.1, 0.15) is 5.75 Å². The minimum Gasteiger partial charge on any atom is -0.369 e. The molecule has 0 heterocycles. The molecule has 1 amide bonds. The van der Waals surface area contributed by atoms with E-state index in [0.717, 1.165) is 12.8 Å². The third-order valence-corrected chi connectivity index (χ3v) is 4.70. The van der Waals surface area contributed by atoms with Crippen LogP contribution in [-0.2, 0) is 14.6 Å². The summed E-state index contributed by atoms with van der Waals surface area (Å²) in [6.07, 6.45) is 4.68. The number of sulfone groups is 1. The van der Waals surface area contributed by atoms with Gasteiger partial charge < -0.3 is 11.1 Å². The highest BCUT2D eigenvalue weighted by Crippen LogP contribution is 2.23. The molecule has 0 aromatic rings. The molecule has 0 spiro atoms. The molecule has 0 saturated heterocycles. The van der Waals surface area contributed by atoms with E-state index in [-0.39, 0.29) is 5.75 Å². The van der Waals surface area contributed by atoms with Crippen molar-refractivity contribution < 1.29 is 13.2 Å². The number of carbonyl (C=O) groups is 1. The van der Waals surface area contributed by atoms with E-state index in [0.29, 0.717) is 18.5 Å². The Hall–Kier alpha value is -0.620. The molecule has 1 aliphatic carbocycles. The zero-order valence-electron chi connectivity index (χ0n) is 10.3. The molecule has 1 saturated carbocycles.